The minimum absolute atomic E-state index is 0.491. The van der Waals surface area contributed by atoms with Crippen LogP contribution in [0.3, 0.4) is 0 Å². The van der Waals surface area contributed by atoms with Crippen LogP contribution in [-0.4, -0.2) is 32.2 Å². The van der Waals surface area contributed by atoms with Crippen molar-refractivity contribution in [1.29, 1.82) is 5.26 Å². The van der Waals surface area contributed by atoms with Gasteiger partial charge in [0.15, 0.2) is 5.69 Å². The number of aromatic nitrogens is 1. The number of hydrogen-bond acceptors (Lipinski definition) is 4. The van der Waals surface area contributed by atoms with Crippen molar-refractivity contribution >= 4 is 16.6 Å². The van der Waals surface area contributed by atoms with Crippen LogP contribution in [0.5, 0.6) is 0 Å². The third-order valence-electron chi connectivity index (χ3n) is 3.14. The lowest BCUT2D eigenvalue weighted by Gasteiger charge is -2.20. The lowest BCUT2D eigenvalue weighted by molar-refractivity contribution is 0.712. The number of nitrogens with one attached hydrogen (secondary N) is 1. The second-order valence-corrected chi connectivity index (χ2v) is 4.54. The van der Waals surface area contributed by atoms with E-state index in [1.165, 1.54) is 0 Å². The Morgan fingerprint density at radius 1 is 1.37 bits per heavy atom. The molecule has 2 aromatic rings. The van der Waals surface area contributed by atoms with Gasteiger partial charge in [-0.25, -0.2) is 4.98 Å². The Bertz CT molecular complexity index is 601. The van der Waals surface area contributed by atoms with Gasteiger partial charge in [-0.1, -0.05) is 18.2 Å². The summed E-state index contributed by atoms with van der Waals surface area (Å²) in [6.45, 7) is 1.86. The zero-order chi connectivity index (χ0) is 13.7. The molecule has 0 unspecified atom stereocenters. The van der Waals surface area contributed by atoms with E-state index < -0.39 is 0 Å². The highest BCUT2D eigenvalue weighted by Crippen LogP contribution is 2.23. The van der Waals surface area contributed by atoms with Crippen molar-refractivity contribution in [3.63, 3.8) is 0 Å². The standard InChI is InChI=1S/C15H18N4/c1-17-8-5-9-19(2)15-10-12-6-3-4-7-13(12)18-14(15)11-16/h3-4,6-7,10,17H,5,8-9H2,1-2H3. The van der Waals surface area contributed by atoms with Gasteiger partial charge in [0.25, 0.3) is 0 Å². The van der Waals surface area contributed by atoms with Crippen LogP contribution >= 0.6 is 0 Å². The van der Waals surface area contributed by atoms with Gasteiger partial charge in [-0.2, -0.15) is 5.26 Å². The summed E-state index contributed by atoms with van der Waals surface area (Å²) in [4.78, 5) is 6.52. The molecule has 98 valence electrons. The second-order valence-electron chi connectivity index (χ2n) is 4.54. The molecule has 0 spiro atoms. The van der Waals surface area contributed by atoms with Crippen LogP contribution in [0.4, 0.5) is 5.69 Å². The third-order valence-corrected chi connectivity index (χ3v) is 3.14. The van der Waals surface area contributed by atoms with Crippen molar-refractivity contribution in [2.75, 3.05) is 32.1 Å². The van der Waals surface area contributed by atoms with E-state index in [1.54, 1.807) is 0 Å². The van der Waals surface area contributed by atoms with Crippen molar-refractivity contribution < 1.29 is 0 Å². The summed E-state index contributed by atoms with van der Waals surface area (Å²) in [6.07, 6.45) is 1.03. The second kappa shape index (κ2) is 6.17. The van der Waals surface area contributed by atoms with E-state index in [9.17, 15) is 5.26 Å². The molecule has 2 rings (SSSR count). The van der Waals surface area contributed by atoms with Crippen LogP contribution in [-0.2, 0) is 0 Å². The number of rotatable bonds is 5. The number of benzene rings is 1. The number of nitrogens with zero attached hydrogens (tertiary/aromatic N) is 3. The molecule has 0 bridgehead atoms. The quantitative estimate of drug-likeness (QED) is 0.831. The molecule has 0 aliphatic heterocycles. The number of hydrogen-bond donors (Lipinski definition) is 1. The predicted molar refractivity (Wildman–Crippen MR) is 78.3 cm³/mol. The molecule has 0 fully saturated rings. The van der Waals surface area contributed by atoms with Crippen molar-refractivity contribution in [3.8, 4) is 6.07 Å². The zero-order valence-corrected chi connectivity index (χ0v) is 11.3. The molecular weight excluding hydrogens is 236 g/mol. The Hall–Kier alpha value is -2.12. The molecule has 0 amide bonds. The first kappa shape index (κ1) is 13.3. The summed E-state index contributed by atoms with van der Waals surface area (Å²) in [5, 5.41) is 13.4. The largest absolute Gasteiger partial charge is 0.372 e. The van der Waals surface area contributed by atoms with E-state index in [2.05, 4.69) is 21.3 Å². The molecule has 1 N–H and O–H groups in total. The maximum Gasteiger partial charge on any atom is 0.164 e. The number of pyridine rings is 1. The summed E-state index contributed by atoms with van der Waals surface area (Å²) in [5.74, 6) is 0. The van der Waals surface area contributed by atoms with E-state index in [0.717, 1.165) is 36.1 Å². The van der Waals surface area contributed by atoms with Crippen molar-refractivity contribution in [1.82, 2.24) is 10.3 Å². The lowest BCUT2D eigenvalue weighted by atomic mass is 10.1. The van der Waals surface area contributed by atoms with Gasteiger partial charge in [-0.05, 0) is 32.1 Å². The fraction of sp³-hybridized carbons (Fsp3) is 0.333. The molecular formula is C15H18N4. The monoisotopic (exact) mass is 254 g/mol. The van der Waals surface area contributed by atoms with Crippen LogP contribution in [0, 0.1) is 11.3 Å². The highest BCUT2D eigenvalue weighted by Gasteiger charge is 2.10. The predicted octanol–water partition coefficient (Wildman–Crippen LogP) is 2.15. The molecule has 0 radical (unpaired) electrons. The summed E-state index contributed by atoms with van der Waals surface area (Å²) < 4.78 is 0. The van der Waals surface area contributed by atoms with Gasteiger partial charge in [-0.15, -0.1) is 0 Å². The smallest absolute Gasteiger partial charge is 0.164 e. The summed E-state index contributed by atoms with van der Waals surface area (Å²) in [7, 11) is 3.95. The number of para-hydroxylation sites is 1. The maximum atomic E-state index is 9.25. The zero-order valence-electron chi connectivity index (χ0n) is 11.3. The molecule has 0 aliphatic carbocycles. The molecule has 0 saturated carbocycles. The molecule has 4 nitrogen and oxygen atoms in total. The first-order valence-electron chi connectivity index (χ1n) is 6.42. The molecule has 0 aliphatic rings. The lowest BCUT2D eigenvalue weighted by Crippen LogP contribution is -2.23. The van der Waals surface area contributed by atoms with Gasteiger partial charge >= 0.3 is 0 Å². The minimum atomic E-state index is 0.491. The average Bonchev–Trinajstić information content (AvgIpc) is 2.46. The Morgan fingerprint density at radius 3 is 2.89 bits per heavy atom. The molecule has 19 heavy (non-hydrogen) atoms. The van der Waals surface area contributed by atoms with Crippen LogP contribution in [0.1, 0.15) is 12.1 Å². The van der Waals surface area contributed by atoms with Crippen molar-refractivity contribution in [2.45, 2.75) is 6.42 Å². The fourth-order valence-electron chi connectivity index (χ4n) is 2.09. The number of nitriles is 1. The Balaban J connectivity index is 2.33. The average molecular weight is 254 g/mol. The highest BCUT2D eigenvalue weighted by atomic mass is 15.1. The van der Waals surface area contributed by atoms with Crippen LogP contribution in [0.25, 0.3) is 10.9 Å². The van der Waals surface area contributed by atoms with E-state index in [4.69, 9.17) is 0 Å². The first-order chi connectivity index (χ1) is 9.26. The molecule has 4 heteroatoms. The molecule has 1 aromatic carbocycles. The minimum Gasteiger partial charge on any atom is -0.372 e. The summed E-state index contributed by atoms with van der Waals surface area (Å²) in [5.41, 5.74) is 2.26. The highest BCUT2D eigenvalue weighted by molar-refractivity contribution is 5.83. The molecule has 1 heterocycles. The Morgan fingerprint density at radius 2 is 2.16 bits per heavy atom. The van der Waals surface area contributed by atoms with Gasteiger partial charge in [0.2, 0.25) is 0 Å². The molecule has 0 atom stereocenters. The topological polar surface area (TPSA) is 52.0 Å². The number of fused-ring (bicyclic) bond motifs is 1. The van der Waals surface area contributed by atoms with Crippen LogP contribution in [0.15, 0.2) is 30.3 Å². The van der Waals surface area contributed by atoms with Gasteiger partial charge in [-0.3, -0.25) is 0 Å². The summed E-state index contributed by atoms with van der Waals surface area (Å²) in [6, 6.07) is 12.1. The Labute approximate surface area is 113 Å². The van der Waals surface area contributed by atoms with Gasteiger partial charge in [0.1, 0.15) is 6.07 Å². The normalized spacial score (nSPS) is 10.4. The van der Waals surface area contributed by atoms with Crippen molar-refractivity contribution in [2.24, 2.45) is 0 Å². The van der Waals surface area contributed by atoms with E-state index in [0.29, 0.717) is 5.69 Å². The van der Waals surface area contributed by atoms with Gasteiger partial charge in [0, 0.05) is 19.0 Å². The van der Waals surface area contributed by atoms with Crippen LogP contribution in [0.2, 0.25) is 0 Å². The van der Waals surface area contributed by atoms with Gasteiger partial charge in [0.05, 0.1) is 11.2 Å². The maximum absolute atomic E-state index is 9.25. The molecule has 0 saturated heterocycles. The summed E-state index contributed by atoms with van der Waals surface area (Å²) >= 11 is 0. The fourth-order valence-corrected chi connectivity index (χ4v) is 2.09. The third kappa shape index (κ3) is 3.01. The van der Waals surface area contributed by atoms with E-state index in [1.807, 2.05) is 44.4 Å². The van der Waals surface area contributed by atoms with Crippen molar-refractivity contribution in [3.05, 3.63) is 36.0 Å². The van der Waals surface area contributed by atoms with E-state index >= 15 is 0 Å². The first-order valence-corrected chi connectivity index (χ1v) is 6.42. The number of anilines is 1. The van der Waals surface area contributed by atoms with Crippen LogP contribution < -0.4 is 10.2 Å². The van der Waals surface area contributed by atoms with E-state index in [-0.39, 0.29) is 0 Å². The van der Waals surface area contributed by atoms with Gasteiger partial charge < -0.3 is 10.2 Å². The molecule has 1 aromatic heterocycles. The Kier molecular flexibility index (Phi) is 4.32. The SMILES string of the molecule is CNCCCN(C)c1cc2ccccc2nc1C#N.